The van der Waals surface area contributed by atoms with Gasteiger partial charge in [-0.15, -0.1) is 11.8 Å². The molecule has 0 bridgehead atoms. The lowest BCUT2D eigenvalue weighted by molar-refractivity contribution is -0.153. The highest BCUT2D eigenvalue weighted by Crippen LogP contribution is 2.56. The predicted octanol–water partition coefficient (Wildman–Crippen LogP) is 2.98. The molecule has 0 radical (unpaired) electrons. The van der Waals surface area contributed by atoms with Crippen molar-refractivity contribution in [2.75, 3.05) is 5.32 Å². The van der Waals surface area contributed by atoms with Crippen molar-refractivity contribution in [1.29, 1.82) is 0 Å². The van der Waals surface area contributed by atoms with Gasteiger partial charge >= 0.3 is 5.97 Å². The number of hydrogen-bond donors (Lipinski definition) is 1. The quantitative estimate of drug-likeness (QED) is 0.869. The van der Waals surface area contributed by atoms with Crippen LogP contribution in [0.2, 0.25) is 0 Å². The number of amides is 1. The molecule has 21 heavy (non-hydrogen) atoms. The van der Waals surface area contributed by atoms with Crippen LogP contribution in [0.1, 0.15) is 32.1 Å². The van der Waals surface area contributed by atoms with Gasteiger partial charge in [0.15, 0.2) is 0 Å². The standard InChI is InChI=1S/C16H17NO3S/c18-14(20-16(7-8-16)10-5-6-10)9-13-15(19)17-11-3-1-2-4-12(11)21-13/h1-4,10,13H,5-9H2,(H,17,19)/t13-/m1/s1. The number of nitrogens with one attached hydrogen (secondary N) is 1. The molecule has 2 aliphatic carbocycles. The Morgan fingerprint density at radius 2 is 2.10 bits per heavy atom. The molecule has 2 saturated carbocycles. The zero-order chi connectivity index (χ0) is 14.4. The summed E-state index contributed by atoms with van der Waals surface area (Å²) in [4.78, 5) is 25.2. The lowest BCUT2D eigenvalue weighted by Gasteiger charge is -2.24. The van der Waals surface area contributed by atoms with E-state index in [0.717, 1.165) is 23.4 Å². The number of carbonyl (C=O) groups excluding carboxylic acids is 2. The minimum Gasteiger partial charge on any atom is -0.459 e. The molecular weight excluding hydrogens is 286 g/mol. The molecule has 3 aliphatic rings. The monoisotopic (exact) mass is 303 g/mol. The largest absolute Gasteiger partial charge is 0.459 e. The number of hydrogen-bond acceptors (Lipinski definition) is 4. The van der Waals surface area contributed by atoms with Gasteiger partial charge in [-0.2, -0.15) is 0 Å². The molecule has 0 spiro atoms. The third kappa shape index (κ3) is 2.55. The van der Waals surface area contributed by atoms with Gasteiger partial charge < -0.3 is 10.1 Å². The molecule has 0 aromatic heterocycles. The Balaban J connectivity index is 1.40. The lowest BCUT2D eigenvalue weighted by atomic mass is 10.2. The van der Waals surface area contributed by atoms with Crippen molar-refractivity contribution in [1.82, 2.24) is 0 Å². The van der Waals surface area contributed by atoms with Crippen LogP contribution in [0, 0.1) is 5.92 Å². The highest BCUT2D eigenvalue weighted by molar-refractivity contribution is 8.01. The van der Waals surface area contributed by atoms with Gasteiger partial charge in [0.25, 0.3) is 0 Å². The summed E-state index contributed by atoms with van der Waals surface area (Å²) >= 11 is 1.45. The van der Waals surface area contributed by atoms with E-state index in [0.29, 0.717) is 5.92 Å². The van der Waals surface area contributed by atoms with Gasteiger partial charge in [-0.25, -0.2) is 0 Å². The van der Waals surface area contributed by atoms with Gasteiger partial charge in [0.2, 0.25) is 5.91 Å². The number of ether oxygens (including phenoxy) is 1. The van der Waals surface area contributed by atoms with Crippen molar-refractivity contribution in [3.05, 3.63) is 24.3 Å². The molecule has 110 valence electrons. The molecule has 1 N–H and O–H groups in total. The summed E-state index contributed by atoms with van der Waals surface area (Å²) < 4.78 is 5.68. The van der Waals surface area contributed by atoms with Gasteiger partial charge in [0.1, 0.15) is 5.60 Å². The van der Waals surface area contributed by atoms with Crippen LogP contribution < -0.4 is 5.32 Å². The van der Waals surface area contributed by atoms with Crippen molar-refractivity contribution >= 4 is 29.3 Å². The van der Waals surface area contributed by atoms with Crippen LogP contribution in [-0.2, 0) is 14.3 Å². The van der Waals surface area contributed by atoms with Crippen molar-refractivity contribution in [3.63, 3.8) is 0 Å². The Morgan fingerprint density at radius 1 is 1.33 bits per heavy atom. The van der Waals surface area contributed by atoms with E-state index < -0.39 is 0 Å². The average molecular weight is 303 g/mol. The van der Waals surface area contributed by atoms with E-state index in [4.69, 9.17) is 4.74 Å². The molecule has 5 heteroatoms. The molecule has 0 unspecified atom stereocenters. The Morgan fingerprint density at radius 3 is 2.81 bits per heavy atom. The first-order valence-electron chi connectivity index (χ1n) is 7.45. The molecule has 1 amide bonds. The fourth-order valence-corrected chi connectivity index (χ4v) is 4.07. The van der Waals surface area contributed by atoms with Gasteiger partial charge in [0.05, 0.1) is 17.4 Å². The molecular formula is C16H17NO3S. The minimum absolute atomic E-state index is 0.105. The molecule has 1 aromatic carbocycles. The SMILES string of the molecule is O=C(C[C@H]1Sc2ccccc2NC1=O)OC1(C2CC2)CC1. The Hall–Kier alpha value is -1.49. The summed E-state index contributed by atoms with van der Waals surface area (Å²) in [6, 6.07) is 7.66. The van der Waals surface area contributed by atoms with Gasteiger partial charge in [-0.05, 0) is 43.7 Å². The molecule has 1 heterocycles. The topological polar surface area (TPSA) is 55.4 Å². The van der Waals surface area contributed by atoms with Gasteiger partial charge in [-0.3, -0.25) is 9.59 Å². The first-order valence-corrected chi connectivity index (χ1v) is 8.33. The van der Waals surface area contributed by atoms with E-state index in [-0.39, 0.29) is 29.1 Å². The maximum Gasteiger partial charge on any atom is 0.308 e. The molecule has 4 nitrogen and oxygen atoms in total. The zero-order valence-corrected chi connectivity index (χ0v) is 12.4. The van der Waals surface area contributed by atoms with E-state index in [2.05, 4.69) is 5.32 Å². The molecule has 4 rings (SSSR count). The van der Waals surface area contributed by atoms with Crippen LogP contribution in [0.15, 0.2) is 29.2 Å². The molecule has 1 aliphatic heterocycles. The second-order valence-electron chi connectivity index (χ2n) is 6.11. The van der Waals surface area contributed by atoms with Crippen molar-refractivity contribution in [2.45, 2.75) is 47.9 Å². The molecule has 1 aromatic rings. The third-order valence-electron chi connectivity index (χ3n) is 4.44. The highest BCUT2D eigenvalue weighted by Gasteiger charge is 2.57. The first kappa shape index (κ1) is 13.2. The van der Waals surface area contributed by atoms with Crippen LogP contribution in [0.4, 0.5) is 5.69 Å². The van der Waals surface area contributed by atoms with Crippen molar-refractivity contribution in [3.8, 4) is 0 Å². The summed E-state index contributed by atoms with van der Waals surface area (Å²) in [5.41, 5.74) is 0.666. The van der Waals surface area contributed by atoms with E-state index in [9.17, 15) is 9.59 Å². The Kier molecular flexibility index (Phi) is 2.99. The second kappa shape index (κ2) is 4.77. The third-order valence-corrected chi connectivity index (χ3v) is 5.72. The Labute approximate surface area is 127 Å². The van der Waals surface area contributed by atoms with E-state index in [1.807, 2.05) is 24.3 Å². The highest BCUT2D eigenvalue weighted by atomic mass is 32.2. The number of esters is 1. The molecule has 2 fully saturated rings. The number of benzene rings is 1. The number of fused-ring (bicyclic) bond motifs is 1. The number of para-hydroxylation sites is 1. The lowest BCUT2D eigenvalue weighted by Crippen LogP contribution is -2.33. The van der Waals surface area contributed by atoms with Gasteiger partial charge in [-0.1, -0.05) is 12.1 Å². The maximum atomic E-state index is 12.1. The van der Waals surface area contributed by atoms with Crippen LogP contribution in [-0.4, -0.2) is 22.7 Å². The van der Waals surface area contributed by atoms with Crippen molar-refractivity contribution in [2.24, 2.45) is 5.92 Å². The van der Waals surface area contributed by atoms with Gasteiger partial charge in [0, 0.05) is 4.90 Å². The maximum absolute atomic E-state index is 12.1. The number of thioether (sulfide) groups is 1. The summed E-state index contributed by atoms with van der Waals surface area (Å²) in [5.74, 6) is 0.244. The summed E-state index contributed by atoms with van der Waals surface area (Å²) in [6.45, 7) is 0. The summed E-state index contributed by atoms with van der Waals surface area (Å²) in [6.07, 6.45) is 4.50. The van der Waals surface area contributed by atoms with E-state index in [1.54, 1.807) is 0 Å². The fourth-order valence-electron chi connectivity index (χ4n) is 2.97. The summed E-state index contributed by atoms with van der Waals surface area (Å²) in [5, 5.41) is 2.47. The summed E-state index contributed by atoms with van der Waals surface area (Å²) in [7, 11) is 0. The zero-order valence-electron chi connectivity index (χ0n) is 11.6. The second-order valence-corrected chi connectivity index (χ2v) is 7.35. The van der Waals surface area contributed by atoms with Crippen LogP contribution in [0.25, 0.3) is 0 Å². The van der Waals surface area contributed by atoms with E-state index >= 15 is 0 Å². The van der Waals surface area contributed by atoms with Crippen LogP contribution in [0.3, 0.4) is 0 Å². The predicted molar refractivity (Wildman–Crippen MR) is 80.1 cm³/mol. The number of anilines is 1. The van der Waals surface area contributed by atoms with Crippen molar-refractivity contribution < 1.29 is 14.3 Å². The molecule has 1 atom stereocenters. The van der Waals surface area contributed by atoms with E-state index in [1.165, 1.54) is 24.6 Å². The molecule has 0 saturated heterocycles. The average Bonchev–Trinajstić information content (AvgIpc) is 3.33. The number of rotatable bonds is 4. The Bertz CT molecular complexity index is 607. The fraction of sp³-hybridized carbons (Fsp3) is 0.500. The smallest absolute Gasteiger partial charge is 0.308 e. The van der Waals surface area contributed by atoms with Crippen LogP contribution in [0.5, 0.6) is 0 Å². The first-order chi connectivity index (χ1) is 10.2. The minimum atomic E-state index is -0.387. The van der Waals surface area contributed by atoms with Crippen LogP contribution >= 0.6 is 11.8 Å². The normalized spacial score (nSPS) is 25.7. The number of carbonyl (C=O) groups is 2.